The molecule has 3 aliphatic rings. The lowest BCUT2D eigenvalue weighted by atomic mass is 10.1. The molecule has 1 saturated carbocycles. The van der Waals surface area contributed by atoms with Crippen molar-refractivity contribution in [1.29, 1.82) is 0 Å². The molecule has 12 heteroatoms. The quantitative estimate of drug-likeness (QED) is 0.303. The van der Waals surface area contributed by atoms with Crippen LogP contribution in [-0.2, 0) is 0 Å². The van der Waals surface area contributed by atoms with Crippen LogP contribution in [-0.4, -0.2) is 61.1 Å². The highest BCUT2D eigenvalue weighted by molar-refractivity contribution is 5.96. The molecule has 6 N–H and O–H groups in total. The molecule has 3 heterocycles. The van der Waals surface area contributed by atoms with Crippen LogP contribution in [0.5, 0.6) is 0 Å². The van der Waals surface area contributed by atoms with E-state index in [0.29, 0.717) is 23.1 Å². The minimum absolute atomic E-state index is 0.0237. The highest BCUT2D eigenvalue weighted by Gasteiger charge is 2.24. The number of piperazine rings is 1. The van der Waals surface area contributed by atoms with Gasteiger partial charge < -0.3 is 31.9 Å². The molecule has 2 amide bonds. The second kappa shape index (κ2) is 15.4. The predicted molar refractivity (Wildman–Crippen MR) is 170 cm³/mol. The van der Waals surface area contributed by atoms with Gasteiger partial charge in [-0.25, -0.2) is 18.7 Å². The van der Waals surface area contributed by atoms with Gasteiger partial charge in [0.25, 0.3) is 11.8 Å². The van der Waals surface area contributed by atoms with E-state index in [1.807, 2.05) is 18.7 Å². The van der Waals surface area contributed by atoms with E-state index in [9.17, 15) is 18.4 Å². The van der Waals surface area contributed by atoms with Crippen LogP contribution < -0.4 is 31.9 Å². The molecule has 0 unspecified atom stereocenters. The molecule has 236 valence electrons. The van der Waals surface area contributed by atoms with E-state index in [4.69, 9.17) is 11.5 Å². The van der Waals surface area contributed by atoms with Gasteiger partial charge in [0.15, 0.2) is 11.5 Å². The fourth-order valence-electron chi connectivity index (χ4n) is 5.21. The number of piperidine rings is 1. The summed E-state index contributed by atoms with van der Waals surface area (Å²) < 4.78 is 27.9. The molecule has 1 aromatic heterocycles. The van der Waals surface area contributed by atoms with Crippen molar-refractivity contribution in [3.63, 3.8) is 0 Å². The van der Waals surface area contributed by atoms with Gasteiger partial charge in [0.2, 0.25) is 0 Å². The van der Waals surface area contributed by atoms with Crippen molar-refractivity contribution in [3.8, 4) is 0 Å². The number of nitrogens with zero attached hydrogens (tertiary/aromatic N) is 4. The van der Waals surface area contributed by atoms with Crippen LogP contribution in [0.1, 0.15) is 78.3 Å². The number of hydrogen-bond acceptors (Lipinski definition) is 8. The number of aromatic nitrogens is 2. The van der Waals surface area contributed by atoms with Gasteiger partial charge in [-0.05, 0) is 73.9 Å². The molecule has 6 rings (SSSR count). The fourth-order valence-corrected chi connectivity index (χ4v) is 5.21. The third-order valence-corrected chi connectivity index (χ3v) is 7.65. The van der Waals surface area contributed by atoms with Crippen LogP contribution in [0.3, 0.4) is 0 Å². The highest BCUT2D eigenvalue weighted by atomic mass is 19.1. The smallest absolute Gasteiger partial charge is 0.271 e. The largest absolute Gasteiger partial charge is 0.367 e. The molecule has 0 radical (unpaired) electrons. The second-order valence-corrected chi connectivity index (χ2v) is 10.7. The molecule has 2 saturated heterocycles. The molecule has 0 atom stereocenters. The average Bonchev–Trinajstić information content (AvgIpc) is 3.89. The normalized spacial score (nSPS) is 16.2. The molecule has 2 aromatic carbocycles. The standard InChI is InChI=1S/C20H26FN7O.C10H10FNO.C2H6/c21-15-12-14(4-5-16(15)27-10-6-23-7-11-27)25-20-18(19(22)29)24-13-17(26-20)28-8-2-1-3-9-28;11-9-5-7(6-1-2-6)3-4-8(9)10(12)13;1-2/h4-5,12-13,23H,1-3,6-11H2,(H2,22,29)(H,25,26);3-6H,1-2H2,(H2,12,13);1-2H3. The Bertz CT molecular complexity index is 1440. The number of amides is 2. The lowest BCUT2D eigenvalue weighted by Crippen LogP contribution is -2.43. The zero-order valence-corrected chi connectivity index (χ0v) is 25.4. The zero-order chi connectivity index (χ0) is 31.6. The van der Waals surface area contributed by atoms with E-state index >= 15 is 0 Å². The molecule has 3 aromatic rings. The Hall–Kier alpha value is -4.32. The van der Waals surface area contributed by atoms with E-state index in [1.54, 1.807) is 24.4 Å². The monoisotopic (exact) mass is 608 g/mol. The number of anilines is 4. The lowest BCUT2D eigenvalue weighted by Gasteiger charge is -2.30. The number of carbonyl (C=O) groups is 2. The SMILES string of the molecule is CC.NC(=O)c1ccc(C2CC2)cc1F.NC(=O)c1ncc(N2CCCCC2)nc1Nc1ccc(N2CCNCC2)c(F)c1. The van der Waals surface area contributed by atoms with E-state index in [2.05, 4.69) is 25.5 Å². The summed E-state index contributed by atoms with van der Waals surface area (Å²) in [5.41, 5.74) is 12.5. The Balaban J connectivity index is 0.000000245. The molecule has 10 nitrogen and oxygen atoms in total. The first-order valence-corrected chi connectivity index (χ1v) is 15.3. The fraction of sp³-hybridized carbons (Fsp3) is 0.438. The van der Waals surface area contributed by atoms with Gasteiger partial charge in [-0.2, -0.15) is 0 Å². The van der Waals surface area contributed by atoms with Gasteiger partial charge in [0.05, 0.1) is 17.4 Å². The van der Waals surface area contributed by atoms with Gasteiger partial charge >= 0.3 is 0 Å². The van der Waals surface area contributed by atoms with Crippen LogP contribution in [0.2, 0.25) is 0 Å². The number of rotatable bonds is 7. The van der Waals surface area contributed by atoms with Crippen molar-refractivity contribution in [2.75, 3.05) is 54.4 Å². The molecule has 0 bridgehead atoms. The lowest BCUT2D eigenvalue weighted by molar-refractivity contribution is 0.0987. The van der Waals surface area contributed by atoms with Crippen molar-refractivity contribution in [2.45, 2.75) is 51.9 Å². The minimum Gasteiger partial charge on any atom is -0.367 e. The van der Waals surface area contributed by atoms with Gasteiger partial charge in [-0.15, -0.1) is 0 Å². The first kappa shape index (κ1) is 32.6. The molecule has 1 aliphatic carbocycles. The maximum absolute atomic E-state index is 14.7. The van der Waals surface area contributed by atoms with Crippen LogP contribution in [0.15, 0.2) is 42.6 Å². The summed E-state index contributed by atoms with van der Waals surface area (Å²) >= 11 is 0. The summed E-state index contributed by atoms with van der Waals surface area (Å²) in [6, 6.07) is 9.59. The van der Waals surface area contributed by atoms with E-state index in [-0.39, 0.29) is 22.9 Å². The predicted octanol–water partition coefficient (Wildman–Crippen LogP) is 4.69. The van der Waals surface area contributed by atoms with Crippen LogP contribution in [0.25, 0.3) is 0 Å². The minimum atomic E-state index is -0.708. The zero-order valence-electron chi connectivity index (χ0n) is 25.4. The maximum Gasteiger partial charge on any atom is 0.271 e. The summed E-state index contributed by atoms with van der Waals surface area (Å²) in [6.45, 7) is 8.99. The van der Waals surface area contributed by atoms with Crippen molar-refractivity contribution in [1.82, 2.24) is 15.3 Å². The molecular weight excluding hydrogens is 566 g/mol. The van der Waals surface area contributed by atoms with E-state index in [0.717, 1.165) is 70.5 Å². The van der Waals surface area contributed by atoms with Gasteiger partial charge in [0, 0.05) is 45.0 Å². The Kier molecular flexibility index (Phi) is 11.4. The Morgan fingerprint density at radius 1 is 0.886 bits per heavy atom. The van der Waals surface area contributed by atoms with Crippen molar-refractivity contribution < 1.29 is 18.4 Å². The maximum atomic E-state index is 14.7. The number of primary amides is 2. The van der Waals surface area contributed by atoms with E-state index in [1.165, 1.54) is 24.6 Å². The van der Waals surface area contributed by atoms with Crippen LogP contribution >= 0.6 is 0 Å². The summed E-state index contributed by atoms with van der Waals surface area (Å²) in [5.74, 6) is -0.779. The van der Waals surface area contributed by atoms with Gasteiger partial charge in [0.1, 0.15) is 17.5 Å². The summed E-state index contributed by atoms with van der Waals surface area (Å²) in [5, 5.41) is 6.29. The van der Waals surface area contributed by atoms with E-state index < -0.39 is 17.6 Å². The number of carbonyl (C=O) groups excluding carboxylic acids is 2. The van der Waals surface area contributed by atoms with Crippen molar-refractivity contribution in [3.05, 3.63) is 71.1 Å². The van der Waals surface area contributed by atoms with Crippen molar-refractivity contribution in [2.24, 2.45) is 11.5 Å². The molecule has 2 aliphatic heterocycles. The number of halogens is 2. The van der Waals surface area contributed by atoms with Crippen LogP contribution in [0.4, 0.5) is 31.8 Å². The Morgan fingerprint density at radius 2 is 1.59 bits per heavy atom. The number of hydrogen-bond donors (Lipinski definition) is 4. The third kappa shape index (κ3) is 8.40. The van der Waals surface area contributed by atoms with Crippen LogP contribution in [0, 0.1) is 11.6 Å². The highest BCUT2D eigenvalue weighted by Crippen LogP contribution is 2.40. The van der Waals surface area contributed by atoms with Gasteiger partial charge in [-0.3, -0.25) is 9.59 Å². The number of nitrogens with two attached hydrogens (primary N) is 2. The van der Waals surface area contributed by atoms with Gasteiger partial charge in [-0.1, -0.05) is 19.9 Å². The van der Waals surface area contributed by atoms with Crippen molar-refractivity contribution >= 4 is 34.8 Å². The number of benzene rings is 2. The summed E-state index contributed by atoms with van der Waals surface area (Å²) in [4.78, 5) is 35.4. The summed E-state index contributed by atoms with van der Waals surface area (Å²) in [7, 11) is 0. The first-order chi connectivity index (χ1) is 21.3. The molecule has 44 heavy (non-hydrogen) atoms. The average molecular weight is 609 g/mol. The topological polar surface area (TPSA) is 142 Å². The summed E-state index contributed by atoms with van der Waals surface area (Å²) in [6.07, 6.45) is 7.21. The third-order valence-electron chi connectivity index (χ3n) is 7.65. The molecule has 3 fully saturated rings. The molecular formula is C32H42F2N8O2. The second-order valence-electron chi connectivity index (χ2n) is 10.7. The number of nitrogens with one attached hydrogen (secondary N) is 2. The first-order valence-electron chi connectivity index (χ1n) is 15.3. The Labute approximate surface area is 257 Å². The molecule has 0 spiro atoms. The Morgan fingerprint density at radius 3 is 2.18 bits per heavy atom.